The Balaban J connectivity index is 1.94. The van der Waals surface area contributed by atoms with Crippen LogP contribution in [0, 0.1) is 5.92 Å². The average Bonchev–Trinajstić information content (AvgIpc) is 2.63. The summed E-state index contributed by atoms with van der Waals surface area (Å²) >= 11 is 0. The van der Waals surface area contributed by atoms with Crippen molar-refractivity contribution in [3.8, 4) is 0 Å². The van der Waals surface area contributed by atoms with Crippen LogP contribution in [0.1, 0.15) is 19.8 Å². The molecule has 0 aromatic carbocycles. The second-order valence-corrected chi connectivity index (χ2v) is 4.22. The Hall–Kier alpha value is -0.160. The highest BCUT2D eigenvalue weighted by Crippen LogP contribution is 2.35. The van der Waals surface area contributed by atoms with Gasteiger partial charge < -0.3 is 19.9 Å². The summed E-state index contributed by atoms with van der Waals surface area (Å²) < 4.78 is 16.9. The predicted octanol–water partition coefficient (Wildman–Crippen LogP) is 0.503. The lowest BCUT2D eigenvalue weighted by atomic mass is 9.94. The molecule has 2 rings (SSSR count). The predicted molar refractivity (Wildman–Crippen MR) is 51.8 cm³/mol. The quantitative estimate of drug-likeness (QED) is 0.707. The van der Waals surface area contributed by atoms with E-state index in [1.807, 2.05) is 6.92 Å². The molecule has 0 radical (unpaired) electrons. The van der Waals surface area contributed by atoms with Crippen LogP contribution in [0.4, 0.5) is 0 Å². The third kappa shape index (κ3) is 1.93. The Morgan fingerprint density at radius 1 is 1.43 bits per heavy atom. The minimum atomic E-state index is -0.468. The van der Waals surface area contributed by atoms with E-state index < -0.39 is 5.79 Å². The number of nitrogens with two attached hydrogens (primary N) is 1. The molecule has 3 unspecified atom stereocenters. The summed E-state index contributed by atoms with van der Waals surface area (Å²) in [6, 6.07) is 0. The highest BCUT2D eigenvalue weighted by atomic mass is 16.7. The molecule has 14 heavy (non-hydrogen) atoms. The molecule has 3 atom stereocenters. The van der Waals surface area contributed by atoms with E-state index in [0.717, 1.165) is 26.1 Å². The van der Waals surface area contributed by atoms with Gasteiger partial charge in [-0.3, -0.25) is 0 Å². The standard InChI is InChI=1S/C10H19NO3/c1-10(8-3-2-4-12-6-8)13-7-9(5-11)14-10/h8-9H,2-7,11H2,1H3. The lowest BCUT2D eigenvalue weighted by Crippen LogP contribution is -2.41. The number of rotatable bonds is 2. The summed E-state index contributed by atoms with van der Waals surface area (Å²) in [6.07, 6.45) is 2.27. The van der Waals surface area contributed by atoms with Crippen LogP contribution in [0.2, 0.25) is 0 Å². The Kier molecular flexibility index (Phi) is 3.07. The highest BCUT2D eigenvalue weighted by Gasteiger charge is 2.44. The van der Waals surface area contributed by atoms with Crippen LogP contribution in [0.3, 0.4) is 0 Å². The van der Waals surface area contributed by atoms with Crippen molar-refractivity contribution in [2.75, 3.05) is 26.4 Å². The maximum absolute atomic E-state index is 5.81. The fourth-order valence-electron chi connectivity index (χ4n) is 2.14. The van der Waals surface area contributed by atoms with Crippen LogP contribution in [0.15, 0.2) is 0 Å². The molecule has 2 N–H and O–H groups in total. The third-order valence-electron chi connectivity index (χ3n) is 3.12. The van der Waals surface area contributed by atoms with Gasteiger partial charge in [0.25, 0.3) is 0 Å². The monoisotopic (exact) mass is 201 g/mol. The van der Waals surface area contributed by atoms with Crippen molar-refractivity contribution in [3.05, 3.63) is 0 Å². The maximum atomic E-state index is 5.81. The van der Waals surface area contributed by atoms with E-state index in [0.29, 0.717) is 19.1 Å². The van der Waals surface area contributed by atoms with E-state index >= 15 is 0 Å². The molecule has 2 aliphatic heterocycles. The molecule has 82 valence electrons. The van der Waals surface area contributed by atoms with E-state index in [1.165, 1.54) is 0 Å². The fraction of sp³-hybridized carbons (Fsp3) is 1.00. The van der Waals surface area contributed by atoms with Gasteiger partial charge >= 0.3 is 0 Å². The van der Waals surface area contributed by atoms with E-state index in [9.17, 15) is 0 Å². The number of hydrogen-bond donors (Lipinski definition) is 1. The van der Waals surface area contributed by atoms with Crippen molar-refractivity contribution in [1.29, 1.82) is 0 Å². The Morgan fingerprint density at radius 2 is 2.29 bits per heavy atom. The lowest BCUT2D eigenvalue weighted by molar-refractivity contribution is -0.211. The molecule has 0 bridgehead atoms. The van der Waals surface area contributed by atoms with Gasteiger partial charge in [-0.25, -0.2) is 0 Å². The van der Waals surface area contributed by atoms with Gasteiger partial charge in [0.2, 0.25) is 0 Å². The number of hydrogen-bond acceptors (Lipinski definition) is 4. The molecule has 4 nitrogen and oxygen atoms in total. The summed E-state index contributed by atoms with van der Waals surface area (Å²) in [4.78, 5) is 0. The van der Waals surface area contributed by atoms with Crippen LogP contribution in [0.5, 0.6) is 0 Å². The van der Waals surface area contributed by atoms with E-state index in [-0.39, 0.29) is 6.10 Å². The topological polar surface area (TPSA) is 53.7 Å². The van der Waals surface area contributed by atoms with E-state index in [2.05, 4.69) is 0 Å². The maximum Gasteiger partial charge on any atom is 0.171 e. The van der Waals surface area contributed by atoms with Gasteiger partial charge in [0, 0.05) is 19.1 Å². The van der Waals surface area contributed by atoms with Gasteiger partial charge in [-0.1, -0.05) is 0 Å². The summed E-state index contributed by atoms with van der Waals surface area (Å²) in [6.45, 7) is 4.76. The van der Waals surface area contributed by atoms with Crippen LogP contribution >= 0.6 is 0 Å². The average molecular weight is 201 g/mol. The molecule has 2 heterocycles. The molecule has 0 aliphatic carbocycles. The lowest BCUT2D eigenvalue weighted by Gasteiger charge is -2.35. The number of ether oxygens (including phenoxy) is 3. The Labute approximate surface area is 84.7 Å². The molecule has 4 heteroatoms. The normalized spacial score (nSPS) is 44.1. The van der Waals surface area contributed by atoms with Crippen LogP contribution in [-0.2, 0) is 14.2 Å². The van der Waals surface area contributed by atoms with Crippen molar-refractivity contribution in [2.24, 2.45) is 11.7 Å². The van der Waals surface area contributed by atoms with E-state index in [4.69, 9.17) is 19.9 Å². The Morgan fingerprint density at radius 3 is 2.86 bits per heavy atom. The first-order valence-corrected chi connectivity index (χ1v) is 5.34. The molecule has 0 aromatic rings. The molecule has 0 amide bonds. The minimum absolute atomic E-state index is 0.0573. The summed E-state index contributed by atoms with van der Waals surface area (Å²) in [5.41, 5.74) is 5.55. The van der Waals surface area contributed by atoms with Crippen LogP contribution in [-0.4, -0.2) is 38.3 Å². The van der Waals surface area contributed by atoms with Crippen LogP contribution in [0.25, 0.3) is 0 Å². The van der Waals surface area contributed by atoms with Gasteiger partial charge in [-0.15, -0.1) is 0 Å². The van der Waals surface area contributed by atoms with Gasteiger partial charge in [0.1, 0.15) is 0 Å². The zero-order chi connectivity index (χ0) is 10.0. The zero-order valence-electron chi connectivity index (χ0n) is 8.70. The van der Waals surface area contributed by atoms with Crippen molar-refractivity contribution in [3.63, 3.8) is 0 Å². The molecule has 0 aromatic heterocycles. The first-order chi connectivity index (χ1) is 6.74. The van der Waals surface area contributed by atoms with Gasteiger partial charge in [0.05, 0.1) is 19.3 Å². The zero-order valence-corrected chi connectivity index (χ0v) is 8.70. The van der Waals surface area contributed by atoms with Gasteiger partial charge in [-0.05, 0) is 19.8 Å². The molecule has 0 saturated carbocycles. The first-order valence-electron chi connectivity index (χ1n) is 5.34. The van der Waals surface area contributed by atoms with Gasteiger partial charge in [0.15, 0.2) is 5.79 Å². The highest BCUT2D eigenvalue weighted by molar-refractivity contribution is 4.83. The van der Waals surface area contributed by atoms with E-state index in [1.54, 1.807) is 0 Å². The van der Waals surface area contributed by atoms with Crippen molar-refractivity contribution in [2.45, 2.75) is 31.7 Å². The fourth-order valence-corrected chi connectivity index (χ4v) is 2.14. The second kappa shape index (κ2) is 4.14. The Bertz CT molecular complexity index is 194. The largest absolute Gasteiger partial charge is 0.381 e. The van der Waals surface area contributed by atoms with Gasteiger partial charge in [-0.2, -0.15) is 0 Å². The molecule has 2 aliphatic rings. The van der Waals surface area contributed by atoms with Crippen molar-refractivity contribution < 1.29 is 14.2 Å². The smallest absolute Gasteiger partial charge is 0.171 e. The molecular formula is C10H19NO3. The summed E-state index contributed by atoms with van der Waals surface area (Å²) in [5.74, 6) is -0.113. The minimum Gasteiger partial charge on any atom is -0.381 e. The summed E-state index contributed by atoms with van der Waals surface area (Å²) in [5, 5.41) is 0. The molecule has 0 spiro atoms. The third-order valence-corrected chi connectivity index (χ3v) is 3.12. The molecule has 2 saturated heterocycles. The van der Waals surface area contributed by atoms with Crippen LogP contribution < -0.4 is 5.73 Å². The second-order valence-electron chi connectivity index (χ2n) is 4.22. The van der Waals surface area contributed by atoms with Crippen molar-refractivity contribution >= 4 is 0 Å². The van der Waals surface area contributed by atoms with Crippen molar-refractivity contribution in [1.82, 2.24) is 0 Å². The summed E-state index contributed by atoms with van der Waals surface area (Å²) in [7, 11) is 0. The molecular weight excluding hydrogens is 182 g/mol. The SMILES string of the molecule is CC1(C2CCCOC2)OCC(CN)O1. The molecule has 2 fully saturated rings. The first kappa shape index (κ1) is 10.4.